The second-order valence-electron chi connectivity index (χ2n) is 8.58. The Labute approximate surface area is 201 Å². The average Bonchev–Trinajstić information content (AvgIpc) is 3.15. The zero-order valence-electron chi connectivity index (χ0n) is 20.1. The van der Waals surface area contributed by atoms with E-state index in [2.05, 4.69) is 0 Å². The fraction of sp³-hybridized carbons (Fsp3) is 0.269. The largest absolute Gasteiger partial charge is 0.497 e. The van der Waals surface area contributed by atoms with Crippen molar-refractivity contribution in [3.05, 3.63) is 90.4 Å². The Bertz CT molecular complexity index is 1540. The lowest BCUT2D eigenvalue weighted by Crippen LogP contribution is -2.39. The summed E-state index contributed by atoms with van der Waals surface area (Å²) in [5.41, 5.74) is 3.19. The second kappa shape index (κ2) is 8.95. The predicted molar refractivity (Wildman–Crippen MR) is 136 cm³/mol. The van der Waals surface area contributed by atoms with Gasteiger partial charge in [-0.1, -0.05) is 29.8 Å². The van der Waals surface area contributed by atoms with Gasteiger partial charge in [-0.25, -0.2) is 9.36 Å². The van der Waals surface area contributed by atoms with Crippen molar-refractivity contribution in [1.29, 1.82) is 0 Å². The summed E-state index contributed by atoms with van der Waals surface area (Å²) in [6.45, 7) is 6.04. The van der Waals surface area contributed by atoms with Crippen molar-refractivity contribution in [2.45, 2.75) is 27.3 Å². The van der Waals surface area contributed by atoms with Crippen LogP contribution in [0.2, 0.25) is 0 Å². The van der Waals surface area contributed by atoms with Crippen molar-refractivity contribution in [3.8, 4) is 11.4 Å². The van der Waals surface area contributed by atoms with Crippen molar-refractivity contribution in [2.24, 2.45) is 0 Å². The van der Waals surface area contributed by atoms with Crippen LogP contribution in [0.1, 0.15) is 31.9 Å². The first kappa shape index (κ1) is 23.5. The number of nitrogens with zero attached hydrogens (tertiary/aromatic N) is 3. The van der Waals surface area contributed by atoms with Crippen LogP contribution in [0.4, 0.5) is 0 Å². The van der Waals surface area contributed by atoms with Gasteiger partial charge in [0.1, 0.15) is 10.6 Å². The van der Waals surface area contributed by atoms with Gasteiger partial charge in [0.2, 0.25) is 0 Å². The minimum absolute atomic E-state index is 0.197. The summed E-state index contributed by atoms with van der Waals surface area (Å²) in [6, 6.07) is 12.9. The van der Waals surface area contributed by atoms with E-state index in [1.54, 1.807) is 49.9 Å². The third-order valence-electron chi connectivity index (χ3n) is 5.96. The van der Waals surface area contributed by atoms with Crippen LogP contribution in [0, 0.1) is 20.8 Å². The molecule has 0 saturated carbocycles. The number of thiophene rings is 1. The molecule has 0 unspecified atom stereocenters. The van der Waals surface area contributed by atoms with Crippen LogP contribution in [-0.4, -0.2) is 41.1 Å². The van der Waals surface area contributed by atoms with Crippen LogP contribution >= 0.6 is 11.3 Å². The smallest absolute Gasteiger partial charge is 0.337 e. The minimum atomic E-state index is -0.461. The molecule has 176 valence electrons. The molecule has 2 aromatic carbocycles. The topological polar surface area (TPSA) is 73.5 Å². The normalized spacial score (nSPS) is 11.1. The summed E-state index contributed by atoms with van der Waals surface area (Å²) in [4.78, 5) is 42.8. The molecule has 2 aromatic heterocycles. The van der Waals surface area contributed by atoms with Crippen molar-refractivity contribution < 1.29 is 9.53 Å². The van der Waals surface area contributed by atoms with E-state index < -0.39 is 11.2 Å². The number of hydrogen-bond acceptors (Lipinski definition) is 5. The van der Waals surface area contributed by atoms with Gasteiger partial charge in [0.05, 0.1) is 29.6 Å². The molecule has 0 radical (unpaired) electrons. The van der Waals surface area contributed by atoms with Crippen LogP contribution < -0.4 is 16.0 Å². The van der Waals surface area contributed by atoms with E-state index in [0.29, 0.717) is 32.1 Å². The first-order valence-electron chi connectivity index (χ1n) is 10.8. The summed E-state index contributed by atoms with van der Waals surface area (Å²) in [6.07, 6.45) is 0. The molecule has 0 bridgehead atoms. The number of benzene rings is 2. The lowest BCUT2D eigenvalue weighted by molar-refractivity contribution is 0.0831. The number of carbonyl (C=O) groups is 1. The standard InChI is InChI=1S/C26H27N3O4S/c1-15-10-11-16(2)18(12-15)14-28-25-21(17(3)22(34-25)24(31)27(4)5)23(30)29(26(28)32)19-8-7-9-20(13-19)33-6/h7-13H,14H2,1-6H3. The third kappa shape index (κ3) is 3.94. The quantitative estimate of drug-likeness (QED) is 0.437. The molecule has 0 spiro atoms. The number of ether oxygens (including phenoxy) is 1. The van der Waals surface area contributed by atoms with Crippen molar-refractivity contribution in [1.82, 2.24) is 14.0 Å². The van der Waals surface area contributed by atoms with Crippen LogP contribution in [0.3, 0.4) is 0 Å². The van der Waals surface area contributed by atoms with Crippen molar-refractivity contribution >= 4 is 27.5 Å². The van der Waals surface area contributed by atoms with Gasteiger partial charge < -0.3 is 9.64 Å². The van der Waals surface area contributed by atoms with E-state index in [1.165, 1.54) is 27.9 Å². The molecule has 8 heteroatoms. The maximum Gasteiger partial charge on any atom is 0.337 e. The lowest BCUT2D eigenvalue weighted by Gasteiger charge is -2.14. The molecule has 0 fully saturated rings. The average molecular weight is 478 g/mol. The van der Waals surface area contributed by atoms with Gasteiger partial charge in [-0.2, -0.15) is 0 Å². The number of carbonyl (C=O) groups excluding carboxylic acids is 1. The highest BCUT2D eigenvalue weighted by atomic mass is 32.1. The van der Waals surface area contributed by atoms with Crippen molar-refractivity contribution in [2.75, 3.05) is 21.2 Å². The van der Waals surface area contributed by atoms with Gasteiger partial charge in [0.15, 0.2) is 0 Å². The maximum atomic E-state index is 13.8. The number of rotatable bonds is 5. The fourth-order valence-corrected chi connectivity index (χ4v) is 5.32. The lowest BCUT2D eigenvalue weighted by atomic mass is 10.1. The zero-order valence-corrected chi connectivity index (χ0v) is 20.9. The first-order chi connectivity index (χ1) is 16.1. The Balaban J connectivity index is 2.10. The molecule has 34 heavy (non-hydrogen) atoms. The molecule has 0 saturated heterocycles. The molecule has 4 aromatic rings. The first-order valence-corrected chi connectivity index (χ1v) is 11.7. The van der Waals surface area contributed by atoms with E-state index in [9.17, 15) is 14.4 Å². The summed E-state index contributed by atoms with van der Waals surface area (Å²) in [7, 11) is 4.87. The van der Waals surface area contributed by atoms with E-state index in [1.807, 2.05) is 32.0 Å². The molecule has 0 aliphatic rings. The van der Waals surface area contributed by atoms with E-state index >= 15 is 0 Å². The zero-order chi connectivity index (χ0) is 24.7. The summed E-state index contributed by atoms with van der Waals surface area (Å²) in [5.74, 6) is 0.340. The Morgan fingerprint density at radius 3 is 2.47 bits per heavy atom. The third-order valence-corrected chi connectivity index (χ3v) is 7.26. The number of aryl methyl sites for hydroxylation is 3. The van der Waals surface area contributed by atoms with E-state index in [4.69, 9.17) is 4.74 Å². The number of fused-ring (bicyclic) bond motifs is 1. The Morgan fingerprint density at radius 1 is 1.06 bits per heavy atom. The highest BCUT2D eigenvalue weighted by Gasteiger charge is 2.25. The molecule has 7 nitrogen and oxygen atoms in total. The predicted octanol–water partition coefficient (Wildman–Crippen LogP) is 3.90. The minimum Gasteiger partial charge on any atom is -0.497 e. The second-order valence-corrected chi connectivity index (χ2v) is 9.58. The van der Waals surface area contributed by atoms with Gasteiger partial charge in [-0.3, -0.25) is 14.2 Å². The Morgan fingerprint density at radius 2 is 1.79 bits per heavy atom. The van der Waals surface area contributed by atoms with Crippen LogP contribution in [0.15, 0.2) is 52.1 Å². The number of hydrogen-bond donors (Lipinski definition) is 0. The highest BCUT2D eigenvalue weighted by molar-refractivity contribution is 7.20. The molecule has 0 aliphatic heterocycles. The summed E-state index contributed by atoms with van der Waals surface area (Å²) in [5, 5.41) is 0.378. The summed E-state index contributed by atoms with van der Waals surface area (Å²) >= 11 is 1.19. The van der Waals surface area contributed by atoms with Crippen LogP contribution in [0.25, 0.3) is 15.9 Å². The molecular formula is C26H27N3O4S. The highest BCUT2D eigenvalue weighted by Crippen LogP contribution is 2.30. The Kier molecular flexibility index (Phi) is 6.18. The summed E-state index contributed by atoms with van der Waals surface area (Å²) < 4.78 is 8.08. The SMILES string of the molecule is COc1cccc(-n2c(=O)c3c(C)c(C(=O)N(C)C)sc3n(Cc3cc(C)ccc3C)c2=O)c1. The molecule has 2 heterocycles. The van der Waals surface area contributed by atoms with Crippen molar-refractivity contribution in [3.63, 3.8) is 0 Å². The van der Waals surface area contributed by atoms with E-state index in [-0.39, 0.29) is 12.5 Å². The van der Waals surface area contributed by atoms with Gasteiger partial charge in [0.25, 0.3) is 11.5 Å². The number of methoxy groups -OCH3 is 1. The Hall–Kier alpha value is -3.65. The molecule has 0 atom stereocenters. The maximum absolute atomic E-state index is 13.8. The van der Waals surface area contributed by atoms with Gasteiger partial charge >= 0.3 is 5.69 Å². The number of amides is 1. The van der Waals surface area contributed by atoms with Gasteiger partial charge in [0, 0.05) is 20.2 Å². The molecule has 1 amide bonds. The molecule has 4 rings (SSSR count). The monoisotopic (exact) mass is 477 g/mol. The van der Waals surface area contributed by atoms with E-state index in [0.717, 1.165) is 16.7 Å². The molecule has 0 N–H and O–H groups in total. The van der Waals surface area contributed by atoms with Crippen LogP contribution in [0.5, 0.6) is 5.75 Å². The molecule has 0 aliphatic carbocycles. The molecular weight excluding hydrogens is 450 g/mol. The van der Waals surface area contributed by atoms with Crippen LogP contribution in [-0.2, 0) is 6.54 Å². The fourth-order valence-electron chi connectivity index (χ4n) is 4.01. The van der Waals surface area contributed by atoms with Gasteiger partial charge in [-0.15, -0.1) is 11.3 Å². The number of aromatic nitrogens is 2. The van der Waals surface area contributed by atoms with Gasteiger partial charge in [-0.05, 0) is 49.6 Å².